The molecule has 0 aromatic heterocycles. The molecule has 3 rings (SSSR count). The van der Waals surface area contributed by atoms with Crippen LogP contribution in [-0.4, -0.2) is 35.6 Å². The molecule has 1 N–H and O–H groups in total. The highest BCUT2D eigenvalue weighted by Gasteiger charge is 2.30. The van der Waals surface area contributed by atoms with Crippen molar-refractivity contribution in [3.8, 4) is 0 Å². The van der Waals surface area contributed by atoms with Crippen molar-refractivity contribution in [2.75, 3.05) is 12.8 Å². The third-order valence-electron chi connectivity index (χ3n) is 5.39. The molecule has 0 aliphatic rings. The minimum atomic E-state index is -0.714. The summed E-state index contributed by atoms with van der Waals surface area (Å²) in [7, 11) is 1.57. The summed E-state index contributed by atoms with van der Waals surface area (Å²) < 4.78 is 0. The summed E-state index contributed by atoms with van der Waals surface area (Å²) in [4.78, 5) is 28.1. The molecular weight excluding hydrogens is 546 g/mol. The first-order chi connectivity index (χ1) is 16.8. The zero-order chi connectivity index (χ0) is 25.4. The second-order valence-electron chi connectivity index (χ2n) is 7.78. The van der Waals surface area contributed by atoms with Crippen LogP contribution in [0.2, 0.25) is 20.1 Å². The average Bonchev–Trinajstić information content (AvgIpc) is 2.85. The van der Waals surface area contributed by atoms with Gasteiger partial charge in [-0.3, -0.25) is 9.59 Å². The number of thioether (sulfide) groups is 1. The highest BCUT2D eigenvalue weighted by molar-refractivity contribution is 7.99. The molecule has 0 aliphatic carbocycles. The van der Waals surface area contributed by atoms with Crippen LogP contribution in [0.25, 0.3) is 0 Å². The molecular formula is C26H24Cl4N2O2S. The van der Waals surface area contributed by atoms with Crippen LogP contribution in [0.5, 0.6) is 0 Å². The number of amides is 2. The number of nitrogens with one attached hydrogen (secondary N) is 1. The molecule has 0 unspecified atom stereocenters. The van der Waals surface area contributed by atoms with Crippen molar-refractivity contribution < 1.29 is 9.59 Å². The maximum atomic E-state index is 13.5. The number of halogens is 4. The molecule has 0 bridgehead atoms. The van der Waals surface area contributed by atoms with Crippen molar-refractivity contribution in [2.45, 2.75) is 24.8 Å². The summed E-state index contributed by atoms with van der Waals surface area (Å²) in [6.07, 6.45) is 0.370. The first-order valence-electron chi connectivity index (χ1n) is 10.8. The maximum absolute atomic E-state index is 13.5. The lowest BCUT2D eigenvalue weighted by Gasteiger charge is -2.31. The van der Waals surface area contributed by atoms with E-state index in [1.54, 1.807) is 48.3 Å². The number of carbonyl (C=O) groups excluding carboxylic acids is 2. The van der Waals surface area contributed by atoms with Gasteiger partial charge in [0.15, 0.2) is 0 Å². The van der Waals surface area contributed by atoms with E-state index in [0.29, 0.717) is 32.3 Å². The second-order valence-corrected chi connectivity index (χ2v) is 10.4. The fourth-order valence-corrected chi connectivity index (χ4v) is 5.52. The Morgan fingerprint density at radius 1 is 0.857 bits per heavy atom. The van der Waals surface area contributed by atoms with E-state index < -0.39 is 6.04 Å². The Balaban J connectivity index is 1.85. The Morgan fingerprint density at radius 3 is 2.17 bits per heavy atom. The molecule has 3 aromatic rings. The summed E-state index contributed by atoms with van der Waals surface area (Å²) in [6.45, 7) is 0.202. The Morgan fingerprint density at radius 2 is 1.54 bits per heavy atom. The molecule has 9 heteroatoms. The minimum Gasteiger partial charge on any atom is -0.357 e. The predicted molar refractivity (Wildman–Crippen MR) is 148 cm³/mol. The zero-order valence-corrected chi connectivity index (χ0v) is 22.8. The lowest BCUT2D eigenvalue weighted by Crippen LogP contribution is -2.50. The summed E-state index contributed by atoms with van der Waals surface area (Å²) >= 11 is 26.2. The van der Waals surface area contributed by atoms with Gasteiger partial charge in [0.25, 0.3) is 0 Å². The van der Waals surface area contributed by atoms with Gasteiger partial charge in [-0.15, -0.1) is 11.8 Å². The summed E-state index contributed by atoms with van der Waals surface area (Å²) in [5, 5.41) is 4.62. The van der Waals surface area contributed by atoms with Gasteiger partial charge >= 0.3 is 0 Å². The van der Waals surface area contributed by atoms with Crippen LogP contribution in [0.3, 0.4) is 0 Å². The van der Waals surface area contributed by atoms with E-state index in [1.807, 2.05) is 30.3 Å². The molecule has 35 heavy (non-hydrogen) atoms. The van der Waals surface area contributed by atoms with Gasteiger partial charge in [-0.1, -0.05) is 88.9 Å². The molecule has 0 fully saturated rings. The fourth-order valence-electron chi connectivity index (χ4n) is 3.55. The van der Waals surface area contributed by atoms with Crippen LogP contribution in [0.1, 0.15) is 16.7 Å². The molecule has 0 saturated heterocycles. The third kappa shape index (κ3) is 7.80. The Bertz CT molecular complexity index is 1160. The van der Waals surface area contributed by atoms with E-state index in [4.69, 9.17) is 46.4 Å². The molecule has 2 amide bonds. The van der Waals surface area contributed by atoms with Crippen molar-refractivity contribution in [1.29, 1.82) is 0 Å². The molecule has 3 aromatic carbocycles. The van der Waals surface area contributed by atoms with Gasteiger partial charge in [0.05, 0.1) is 15.8 Å². The van der Waals surface area contributed by atoms with Crippen molar-refractivity contribution in [1.82, 2.24) is 10.2 Å². The Labute approximate surface area is 229 Å². The van der Waals surface area contributed by atoms with Gasteiger partial charge in [-0.2, -0.15) is 0 Å². The third-order valence-corrected chi connectivity index (χ3v) is 7.78. The number of benzene rings is 3. The summed E-state index contributed by atoms with van der Waals surface area (Å²) in [5.74, 6) is 0.175. The highest BCUT2D eigenvalue weighted by atomic mass is 35.5. The van der Waals surface area contributed by atoms with E-state index in [0.717, 1.165) is 16.7 Å². The van der Waals surface area contributed by atoms with Crippen LogP contribution in [0, 0.1) is 0 Å². The quantitative estimate of drug-likeness (QED) is 0.288. The van der Waals surface area contributed by atoms with Gasteiger partial charge in [-0.05, 0) is 41.0 Å². The number of nitrogens with zero attached hydrogens (tertiary/aromatic N) is 1. The number of likely N-dealkylation sites (N-methyl/N-ethyl adjacent to an activating group) is 1. The van der Waals surface area contributed by atoms with E-state index in [9.17, 15) is 9.59 Å². The average molecular weight is 570 g/mol. The zero-order valence-electron chi connectivity index (χ0n) is 18.9. The van der Waals surface area contributed by atoms with Crippen molar-refractivity contribution in [2.24, 2.45) is 0 Å². The van der Waals surface area contributed by atoms with Crippen molar-refractivity contribution >= 4 is 70.0 Å². The lowest BCUT2D eigenvalue weighted by molar-refractivity contribution is -0.139. The van der Waals surface area contributed by atoms with Crippen LogP contribution >= 0.6 is 58.2 Å². The van der Waals surface area contributed by atoms with E-state index in [-0.39, 0.29) is 24.1 Å². The monoisotopic (exact) mass is 568 g/mol. The molecule has 0 radical (unpaired) electrons. The van der Waals surface area contributed by atoms with E-state index in [1.165, 1.54) is 11.8 Å². The first kappa shape index (κ1) is 27.7. The van der Waals surface area contributed by atoms with E-state index >= 15 is 0 Å². The van der Waals surface area contributed by atoms with Crippen molar-refractivity contribution in [3.05, 3.63) is 104 Å². The molecule has 0 spiro atoms. The maximum Gasteiger partial charge on any atom is 0.242 e. The van der Waals surface area contributed by atoms with Gasteiger partial charge in [0.1, 0.15) is 6.04 Å². The first-order valence-corrected chi connectivity index (χ1v) is 13.5. The number of carbonyl (C=O) groups is 2. The molecule has 0 aliphatic heterocycles. The lowest BCUT2D eigenvalue weighted by atomic mass is 10.0. The smallest absolute Gasteiger partial charge is 0.242 e. The molecule has 184 valence electrons. The topological polar surface area (TPSA) is 49.4 Å². The number of hydrogen-bond donors (Lipinski definition) is 1. The molecule has 0 heterocycles. The predicted octanol–water partition coefficient (Wildman–Crippen LogP) is 6.92. The number of hydrogen-bond acceptors (Lipinski definition) is 3. The minimum absolute atomic E-state index is 0.144. The molecule has 4 nitrogen and oxygen atoms in total. The van der Waals surface area contributed by atoms with Gasteiger partial charge in [-0.25, -0.2) is 0 Å². The summed E-state index contributed by atoms with van der Waals surface area (Å²) in [5.41, 5.74) is 2.49. The van der Waals surface area contributed by atoms with Crippen molar-refractivity contribution in [3.63, 3.8) is 0 Å². The number of rotatable bonds is 10. The summed E-state index contributed by atoms with van der Waals surface area (Å²) in [6, 6.07) is 19.4. The largest absolute Gasteiger partial charge is 0.357 e. The Kier molecular flexibility index (Phi) is 10.6. The second kappa shape index (κ2) is 13.4. The normalized spacial score (nSPS) is 11.7. The fraction of sp³-hybridized carbons (Fsp3) is 0.231. The van der Waals surface area contributed by atoms with Gasteiger partial charge in [0, 0.05) is 35.8 Å². The van der Waals surface area contributed by atoms with Crippen LogP contribution < -0.4 is 5.32 Å². The standard InChI is InChI=1S/C26H24Cl4N2O2S/c1-31-26(34)24(13-17-6-3-2-4-7-17)32(14-18-10-11-22(29)23(30)12-18)25(33)16-35-15-19-20(27)8-5-9-21(19)28/h2-12,24H,13-16H2,1H3,(H,31,34)/t24-/m0/s1. The van der Waals surface area contributed by atoms with Crippen LogP contribution in [0.15, 0.2) is 66.7 Å². The SMILES string of the molecule is CNC(=O)[C@H](Cc1ccccc1)N(Cc1ccc(Cl)c(Cl)c1)C(=O)CSCc1c(Cl)cccc1Cl. The van der Waals surface area contributed by atoms with Gasteiger partial charge < -0.3 is 10.2 Å². The van der Waals surface area contributed by atoms with Gasteiger partial charge in [0.2, 0.25) is 11.8 Å². The molecule has 0 saturated carbocycles. The Hall–Kier alpha value is -1.89. The highest BCUT2D eigenvalue weighted by Crippen LogP contribution is 2.29. The van der Waals surface area contributed by atoms with Crippen LogP contribution in [0.4, 0.5) is 0 Å². The molecule has 1 atom stereocenters. The van der Waals surface area contributed by atoms with Crippen LogP contribution in [-0.2, 0) is 28.3 Å². The van der Waals surface area contributed by atoms with E-state index in [2.05, 4.69) is 5.32 Å².